The minimum atomic E-state index is -0.329. The smallest absolute Gasteiger partial charge is 0.245 e. The number of ether oxygens (including phenoxy) is 1. The van der Waals surface area contributed by atoms with Gasteiger partial charge < -0.3 is 14.5 Å². The quantitative estimate of drug-likeness (QED) is 0.603. The van der Waals surface area contributed by atoms with Gasteiger partial charge in [-0.25, -0.2) is 4.98 Å². The maximum absolute atomic E-state index is 12.0. The van der Waals surface area contributed by atoms with Crippen molar-refractivity contribution in [2.75, 3.05) is 31.1 Å². The summed E-state index contributed by atoms with van der Waals surface area (Å²) in [6.07, 6.45) is 3.00. The van der Waals surface area contributed by atoms with Crippen molar-refractivity contribution in [3.8, 4) is 17.2 Å². The summed E-state index contributed by atoms with van der Waals surface area (Å²) in [5, 5.41) is 11.0. The van der Waals surface area contributed by atoms with Gasteiger partial charge in [0.15, 0.2) is 0 Å². The Morgan fingerprint density at radius 3 is 2.79 bits per heavy atom. The number of anilines is 1. The summed E-state index contributed by atoms with van der Waals surface area (Å²) in [5.74, 6) is 0.698. The first-order valence-corrected chi connectivity index (χ1v) is 12.1. The third-order valence-corrected chi connectivity index (χ3v) is 7.92. The van der Waals surface area contributed by atoms with Crippen molar-refractivity contribution >= 4 is 23.3 Å². The van der Waals surface area contributed by atoms with E-state index in [1.807, 2.05) is 30.0 Å². The number of rotatable bonds is 3. The molecule has 2 aromatic rings. The molecule has 7 heteroatoms. The molecular weight excluding hydrogens is 448 g/mol. The topological polar surface area (TPSA) is 69.5 Å². The average molecular weight is 477 g/mol. The van der Waals surface area contributed by atoms with Gasteiger partial charge in [0.25, 0.3) is 0 Å². The normalized spacial score (nSPS) is 20.0. The predicted octanol–water partition coefficient (Wildman–Crippen LogP) is 4.66. The van der Waals surface area contributed by atoms with E-state index in [1.54, 1.807) is 0 Å². The number of hydrogen-bond acceptors (Lipinski definition) is 5. The Morgan fingerprint density at radius 1 is 1.32 bits per heavy atom. The Balaban J connectivity index is 1.60. The van der Waals surface area contributed by atoms with Crippen molar-refractivity contribution in [2.45, 2.75) is 45.8 Å². The maximum Gasteiger partial charge on any atom is 0.245 e. The Hall–Kier alpha value is -2.88. The van der Waals surface area contributed by atoms with Crippen molar-refractivity contribution in [1.29, 1.82) is 5.26 Å². The van der Waals surface area contributed by atoms with Gasteiger partial charge in [-0.2, -0.15) is 5.26 Å². The number of halogens is 1. The number of hydrogen-bond donors (Lipinski definition) is 0. The number of aryl methyl sites for hydroxylation is 1. The fraction of sp³-hybridized carbons (Fsp3) is 0.444. The molecule has 5 rings (SSSR count). The number of aromatic nitrogens is 1. The molecule has 1 spiro atoms. The lowest BCUT2D eigenvalue weighted by molar-refractivity contribution is -0.136. The second-order valence-electron chi connectivity index (χ2n) is 10.5. The van der Waals surface area contributed by atoms with E-state index in [-0.39, 0.29) is 16.9 Å². The monoisotopic (exact) mass is 476 g/mol. The summed E-state index contributed by atoms with van der Waals surface area (Å²) in [6.45, 7) is 13.1. The van der Waals surface area contributed by atoms with Crippen molar-refractivity contribution < 1.29 is 9.53 Å². The fourth-order valence-electron chi connectivity index (χ4n) is 5.58. The average Bonchev–Trinajstić information content (AvgIpc) is 3.23. The third-order valence-electron chi connectivity index (χ3n) is 7.41. The lowest BCUT2D eigenvalue weighted by Gasteiger charge is -2.47. The molecule has 34 heavy (non-hydrogen) atoms. The minimum Gasteiger partial charge on any atom is -0.370 e. The molecule has 0 bridgehead atoms. The van der Waals surface area contributed by atoms with E-state index in [2.05, 4.69) is 31.4 Å². The second-order valence-corrected chi connectivity index (χ2v) is 10.8. The van der Waals surface area contributed by atoms with Crippen LogP contribution < -0.4 is 4.90 Å². The molecule has 2 fully saturated rings. The molecule has 0 radical (unpaired) electrons. The van der Waals surface area contributed by atoms with Crippen LogP contribution in [0.2, 0.25) is 5.02 Å². The van der Waals surface area contributed by atoms with Gasteiger partial charge in [0.2, 0.25) is 5.91 Å². The van der Waals surface area contributed by atoms with E-state index < -0.39 is 0 Å². The van der Waals surface area contributed by atoms with Gasteiger partial charge in [0, 0.05) is 54.7 Å². The van der Waals surface area contributed by atoms with Crippen molar-refractivity contribution in [3.63, 3.8) is 0 Å². The molecule has 2 saturated heterocycles. The number of likely N-dealkylation sites (tertiary alicyclic amines) is 1. The number of carbonyl (C=O) groups is 1. The first-order chi connectivity index (χ1) is 16.2. The number of nitrogens with zero attached hydrogens (tertiary/aromatic N) is 4. The summed E-state index contributed by atoms with van der Waals surface area (Å²) >= 11 is 6.77. The van der Waals surface area contributed by atoms with Crippen LogP contribution in [0.5, 0.6) is 0 Å². The van der Waals surface area contributed by atoms with Gasteiger partial charge in [-0.05, 0) is 38.8 Å². The molecule has 1 aromatic heterocycles. The van der Waals surface area contributed by atoms with E-state index in [0.29, 0.717) is 23.6 Å². The Labute approximate surface area is 205 Å². The van der Waals surface area contributed by atoms with Crippen LogP contribution in [-0.4, -0.2) is 47.6 Å². The minimum absolute atomic E-state index is 0.0210. The zero-order chi connectivity index (χ0) is 24.3. The predicted molar refractivity (Wildman–Crippen MR) is 133 cm³/mol. The van der Waals surface area contributed by atoms with Crippen LogP contribution >= 0.6 is 11.6 Å². The van der Waals surface area contributed by atoms with Crippen LogP contribution in [0.25, 0.3) is 11.1 Å². The van der Waals surface area contributed by atoms with Crippen LogP contribution in [-0.2, 0) is 22.6 Å². The summed E-state index contributed by atoms with van der Waals surface area (Å²) in [6, 6.07) is 8.39. The van der Waals surface area contributed by atoms with E-state index in [9.17, 15) is 10.1 Å². The van der Waals surface area contributed by atoms with E-state index in [0.717, 1.165) is 66.4 Å². The number of nitriles is 1. The number of benzene rings is 1. The highest BCUT2D eigenvalue weighted by Gasteiger charge is 2.49. The van der Waals surface area contributed by atoms with Crippen LogP contribution in [0.4, 0.5) is 5.82 Å². The molecule has 3 aliphatic rings. The molecule has 1 amide bonds. The van der Waals surface area contributed by atoms with Gasteiger partial charge in [0.05, 0.1) is 22.9 Å². The Morgan fingerprint density at radius 2 is 2.09 bits per heavy atom. The van der Waals surface area contributed by atoms with Gasteiger partial charge in [0.1, 0.15) is 17.5 Å². The molecule has 176 valence electrons. The molecule has 0 N–H and O–H groups in total. The second kappa shape index (κ2) is 8.11. The van der Waals surface area contributed by atoms with Gasteiger partial charge in [-0.3, -0.25) is 4.79 Å². The number of amides is 1. The number of pyridine rings is 1. The Bertz CT molecular complexity index is 1240. The highest BCUT2D eigenvalue weighted by atomic mass is 35.5. The van der Waals surface area contributed by atoms with Crippen LogP contribution in [0.15, 0.2) is 30.9 Å². The molecule has 0 atom stereocenters. The molecule has 0 unspecified atom stereocenters. The van der Waals surface area contributed by atoms with Crippen LogP contribution in [0, 0.1) is 23.7 Å². The molecule has 1 aromatic carbocycles. The zero-order valence-corrected chi connectivity index (χ0v) is 20.7. The SMILES string of the molecule is C=CC(=O)N1CC2(CCN(c3nc4c(c(-c5cccc(C)c5Cl)c3C#N)COC(C)(C)C4)C2)C1. The standard InChI is InChI=1S/C27H29ClN4O2/c1-5-22(33)32-15-27(16-32)9-10-31(14-27)25-19(12-29)23(18-8-6-7-17(2)24(18)28)20-13-34-26(3,4)11-21(20)30-25/h5-8H,1,9-11,13-16H2,2-4H3. The van der Waals surface area contributed by atoms with E-state index >= 15 is 0 Å². The molecular formula is C27H29ClN4O2. The maximum atomic E-state index is 12.0. The van der Waals surface area contributed by atoms with Crippen molar-refractivity contribution in [2.24, 2.45) is 5.41 Å². The Kier molecular flexibility index (Phi) is 5.46. The highest BCUT2D eigenvalue weighted by molar-refractivity contribution is 6.34. The van der Waals surface area contributed by atoms with Gasteiger partial charge in [-0.1, -0.05) is 36.4 Å². The lowest BCUT2D eigenvalue weighted by atomic mass is 9.79. The summed E-state index contributed by atoms with van der Waals surface area (Å²) < 4.78 is 6.14. The lowest BCUT2D eigenvalue weighted by Crippen LogP contribution is -2.59. The first-order valence-electron chi connectivity index (χ1n) is 11.7. The molecule has 6 nitrogen and oxygen atoms in total. The van der Waals surface area contributed by atoms with Crippen molar-refractivity contribution in [1.82, 2.24) is 9.88 Å². The van der Waals surface area contributed by atoms with Gasteiger partial charge >= 0.3 is 0 Å². The molecule has 4 heterocycles. The summed E-state index contributed by atoms with van der Waals surface area (Å²) in [7, 11) is 0. The third kappa shape index (κ3) is 3.68. The van der Waals surface area contributed by atoms with E-state index in [1.165, 1.54) is 6.08 Å². The molecule has 0 aliphatic carbocycles. The van der Waals surface area contributed by atoms with E-state index in [4.69, 9.17) is 21.3 Å². The summed E-state index contributed by atoms with van der Waals surface area (Å²) in [5.41, 5.74) is 4.84. The highest BCUT2D eigenvalue weighted by Crippen LogP contribution is 2.46. The number of fused-ring (bicyclic) bond motifs is 1. The zero-order valence-electron chi connectivity index (χ0n) is 19.9. The fourth-order valence-corrected chi connectivity index (χ4v) is 5.80. The van der Waals surface area contributed by atoms with Gasteiger partial charge in [-0.15, -0.1) is 0 Å². The largest absolute Gasteiger partial charge is 0.370 e. The summed E-state index contributed by atoms with van der Waals surface area (Å²) in [4.78, 5) is 21.1. The van der Waals surface area contributed by atoms with Crippen LogP contribution in [0.3, 0.4) is 0 Å². The first kappa shape index (κ1) is 22.9. The molecule has 3 aliphatic heterocycles. The van der Waals surface area contributed by atoms with Crippen molar-refractivity contribution in [3.05, 3.63) is 58.3 Å². The number of carbonyl (C=O) groups excluding carboxylic acids is 1. The molecule has 0 saturated carbocycles. The van der Waals surface area contributed by atoms with Crippen LogP contribution in [0.1, 0.15) is 42.7 Å².